The predicted molar refractivity (Wildman–Crippen MR) is 108 cm³/mol. The van der Waals surface area contributed by atoms with Crippen molar-refractivity contribution in [1.29, 1.82) is 0 Å². The van der Waals surface area contributed by atoms with Crippen molar-refractivity contribution in [2.75, 3.05) is 30.4 Å². The molecule has 0 aliphatic carbocycles. The maximum atomic E-state index is 5.45. The van der Waals surface area contributed by atoms with Crippen LogP contribution in [0.5, 0.6) is 5.75 Å². The third-order valence-corrected chi connectivity index (χ3v) is 5.53. The summed E-state index contributed by atoms with van der Waals surface area (Å²) in [5.74, 6) is 1.73. The van der Waals surface area contributed by atoms with E-state index in [1.54, 1.807) is 7.11 Å². The van der Waals surface area contributed by atoms with E-state index in [0.717, 1.165) is 46.1 Å². The molecule has 1 aromatic heterocycles. The van der Waals surface area contributed by atoms with Gasteiger partial charge in [-0.1, -0.05) is 6.07 Å². The monoisotopic (exact) mass is 403 g/mol. The quantitative estimate of drug-likeness (QED) is 0.729. The first-order valence-electron chi connectivity index (χ1n) is 8.84. The van der Waals surface area contributed by atoms with Gasteiger partial charge in [0.1, 0.15) is 11.6 Å². The Bertz CT molecular complexity index is 770. The molecule has 0 bridgehead atoms. The van der Waals surface area contributed by atoms with Crippen molar-refractivity contribution >= 4 is 33.1 Å². The van der Waals surface area contributed by atoms with Crippen LogP contribution >= 0.6 is 15.9 Å². The maximum absolute atomic E-state index is 5.45. The normalized spacial score (nSPS) is 14.5. The van der Waals surface area contributed by atoms with Gasteiger partial charge in [0.15, 0.2) is 0 Å². The number of nitrogens with one attached hydrogen (secondary N) is 1. The van der Waals surface area contributed by atoms with Gasteiger partial charge in [0, 0.05) is 24.3 Å². The van der Waals surface area contributed by atoms with Crippen LogP contribution in [-0.2, 0) is 0 Å². The molecule has 3 rings (SSSR count). The zero-order valence-corrected chi connectivity index (χ0v) is 17.0. The van der Waals surface area contributed by atoms with Crippen LogP contribution in [0.1, 0.15) is 36.1 Å². The average Bonchev–Trinajstić information content (AvgIpc) is 2.62. The predicted octanol–water partition coefficient (Wildman–Crippen LogP) is 5.51. The number of benzene rings is 1. The number of nitrogens with zero attached hydrogens (tertiary/aromatic N) is 2. The number of rotatable bonds is 4. The molecule has 0 atom stereocenters. The molecule has 5 heteroatoms. The number of halogens is 1. The van der Waals surface area contributed by atoms with Crippen molar-refractivity contribution in [2.24, 2.45) is 0 Å². The molecule has 1 aromatic carbocycles. The van der Waals surface area contributed by atoms with Crippen LogP contribution in [0, 0.1) is 20.8 Å². The van der Waals surface area contributed by atoms with Gasteiger partial charge in [0.05, 0.1) is 23.0 Å². The highest BCUT2D eigenvalue weighted by Gasteiger charge is 2.17. The summed E-state index contributed by atoms with van der Waals surface area (Å²) in [5.41, 5.74) is 5.61. The van der Waals surface area contributed by atoms with E-state index in [9.17, 15) is 0 Å². The standard InChI is InChI=1S/C20H26BrN3O/c1-13-8-9-18(25-4)14(2)19(13)23-20-16(21)12-17(15(3)22-20)24-10-6-5-7-11-24/h8-9,12H,5-7,10-11H2,1-4H3,(H,22,23). The van der Waals surface area contributed by atoms with E-state index < -0.39 is 0 Å². The van der Waals surface area contributed by atoms with Crippen molar-refractivity contribution < 1.29 is 4.74 Å². The fourth-order valence-corrected chi connectivity index (χ4v) is 3.88. The van der Waals surface area contributed by atoms with E-state index >= 15 is 0 Å². The van der Waals surface area contributed by atoms with Crippen LogP contribution in [0.25, 0.3) is 0 Å². The number of hydrogen-bond acceptors (Lipinski definition) is 4. The number of pyridine rings is 1. The number of piperidine rings is 1. The van der Waals surface area contributed by atoms with E-state index in [1.807, 2.05) is 6.07 Å². The smallest absolute Gasteiger partial charge is 0.145 e. The average molecular weight is 404 g/mol. The minimum absolute atomic E-state index is 0.845. The Balaban J connectivity index is 1.93. The molecule has 2 aromatic rings. The van der Waals surface area contributed by atoms with Crippen molar-refractivity contribution in [1.82, 2.24) is 4.98 Å². The van der Waals surface area contributed by atoms with Gasteiger partial charge in [-0.2, -0.15) is 0 Å². The van der Waals surface area contributed by atoms with Crippen molar-refractivity contribution in [3.8, 4) is 5.75 Å². The van der Waals surface area contributed by atoms with Crippen molar-refractivity contribution in [3.05, 3.63) is 39.5 Å². The molecular weight excluding hydrogens is 378 g/mol. The van der Waals surface area contributed by atoms with Gasteiger partial charge in [0.2, 0.25) is 0 Å². The molecule has 1 N–H and O–H groups in total. The molecule has 134 valence electrons. The van der Waals surface area contributed by atoms with Gasteiger partial charge < -0.3 is 15.0 Å². The number of anilines is 3. The summed E-state index contributed by atoms with van der Waals surface area (Å²) in [6.07, 6.45) is 3.86. The summed E-state index contributed by atoms with van der Waals surface area (Å²) in [7, 11) is 1.70. The number of aromatic nitrogens is 1. The number of ether oxygens (including phenoxy) is 1. The summed E-state index contributed by atoms with van der Waals surface area (Å²) < 4.78 is 6.44. The van der Waals surface area contributed by atoms with Gasteiger partial charge >= 0.3 is 0 Å². The fourth-order valence-electron chi connectivity index (χ4n) is 3.47. The third-order valence-electron chi connectivity index (χ3n) is 4.92. The topological polar surface area (TPSA) is 37.4 Å². The van der Waals surface area contributed by atoms with Crippen LogP contribution < -0.4 is 15.0 Å². The largest absolute Gasteiger partial charge is 0.496 e. The second-order valence-corrected chi connectivity index (χ2v) is 7.54. The lowest BCUT2D eigenvalue weighted by Gasteiger charge is -2.30. The Morgan fingerprint density at radius 1 is 1.12 bits per heavy atom. The Morgan fingerprint density at radius 3 is 2.52 bits per heavy atom. The van der Waals surface area contributed by atoms with Crippen LogP contribution in [-0.4, -0.2) is 25.2 Å². The molecule has 0 saturated carbocycles. The second kappa shape index (κ2) is 7.65. The molecule has 2 heterocycles. The molecule has 0 amide bonds. The summed E-state index contributed by atoms with van der Waals surface area (Å²) >= 11 is 3.71. The van der Waals surface area contributed by atoms with E-state index in [-0.39, 0.29) is 0 Å². The molecule has 25 heavy (non-hydrogen) atoms. The van der Waals surface area contributed by atoms with Crippen LogP contribution in [0.3, 0.4) is 0 Å². The molecule has 0 unspecified atom stereocenters. The Hall–Kier alpha value is -1.75. The van der Waals surface area contributed by atoms with Gasteiger partial charge in [-0.3, -0.25) is 0 Å². The molecule has 1 saturated heterocycles. The highest BCUT2D eigenvalue weighted by Crippen LogP contribution is 2.35. The highest BCUT2D eigenvalue weighted by atomic mass is 79.9. The first-order chi connectivity index (χ1) is 12.0. The van der Waals surface area contributed by atoms with Gasteiger partial charge in [-0.25, -0.2) is 4.98 Å². The van der Waals surface area contributed by atoms with Crippen LogP contribution in [0.4, 0.5) is 17.2 Å². The number of aryl methyl sites for hydroxylation is 2. The fraction of sp³-hybridized carbons (Fsp3) is 0.450. The minimum atomic E-state index is 0.845. The lowest BCUT2D eigenvalue weighted by Crippen LogP contribution is -2.30. The van der Waals surface area contributed by atoms with E-state index in [4.69, 9.17) is 9.72 Å². The molecule has 4 nitrogen and oxygen atoms in total. The van der Waals surface area contributed by atoms with Gasteiger partial charge in [-0.05, 0) is 73.7 Å². The lowest BCUT2D eigenvalue weighted by atomic mass is 10.1. The maximum Gasteiger partial charge on any atom is 0.145 e. The number of methoxy groups -OCH3 is 1. The van der Waals surface area contributed by atoms with Crippen molar-refractivity contribution in [2.45, 2.75) is 40.0 Å². The minimum Gasteiger partial charge on any atom is -0.496 e. The Labute approximate surface area is 158 Å². The summed E-state index contributed by atoms with van der Waals surface area (Å²) in [5, 5.41) is 3.50. The molecule has 1 fully saturated rings. The van der Waals surface area contributed by atoms with E-state index in [1.165, 1.54) is 30.5 Å². The zero-order chi connectivity index (χ0) is 18.0. The molecule has 0 spiro atoms. The summed E-state index contributed by atoms with van der Waals surface area (Å²) in [4.78, 5) is 7.29. The highest BCUT2D eigenvalue weighted by molar-refractivity contribution is 9.10. The number of hydrogen-bond donors (Lipinski definition) is 1. The second-order valence-electron chi connectivity index (χ2n) is 6.68. The summed E-state index contributed by atoms with van der Waals surface area (Å²) in [6, 6.07) is 6.26. The molecule has 1 aliphatic heterocycles. The third kappa shape index (κ3) is 3.76. The Kier molecular flexibility index (Phi) is 5.52. The SMILES string of the molecule is COc1ccc(C)c(Nc2nc(C)c(N3CCCCC3)cc2Br)c1C. The molecule has 0 radical (unpaired) electrons. The Morgan fingerprint density at radius 2 is 1.84 bits per heavy atom. The lowest BCUT2D eigenvalue weighted by molar-refractivity contribution is 0.412. The summed E-state index contributed by atoms with van der Waals surface area (Å²) in [6.45, 7) is 8.49. The van der Waals surface area contributed by atoms with Crippen LogP contribution in [0.2, 0.25) is 0 Å². The molecular formula is C20H26BrN3O. The van der Waals surface area contributed by atoms with Gasteiger partial charge in [-0.15, -0.1) is 0 Å². The van der Waals surface area contributed by atoms with Gasteiger partial charge in [0.25, 0.3) is 0 Å². The zero-order valence-electron chi connectivity index (χ0n) is 15.4. The first-order valence-corrected chi connectivity index (χ1v) is 9.64. The van der Waals surface area contributed by atoms with Crippen molar-refractivity contribution in [3.63, 3.8) is 0 Å². The van der Waals surface area contributed by atoms with E-state index in [2.05, 4.69) is 59.1 Å². The first kappa shape index (κ1) is 18.1. The molecule has 1 aliphatic rings. The van der Waals surface area contributed by atoms with E-state index in [0.29, 0.717) is 0 Å². The van der Waals surface area contributed by atoms with Crippen LogP contribution in [0.15, 0.2) is 22.7 Å².